The standard InChI is InChI=1S/C17H16N3/c1-3-7-14(8-4-1)16-11-12-17-18-20(13-19(16)17)15-9-5-2-6-10-15/h1-10,13,16H,11-12H2/q+1/t16-/m0/s1. The number of hydrogen-bond donors (Lipinski definition) is 0. The van der Waals surface area contributed by atoms with Crippen LogP contribution in [-0.2, 0) is 6.42 Å². The molecule has 0 saturated heterocycles. The minimum absolute atomic E-state index is 0.420. The molecule has 0 bridgehead atoms. The molecule has 3 aromatic rings. The highest BCUT2D eigenvalue weighted by Crippen LogP contribution is 2.23. The molecule has 0 saturated carbocycles. The van der Waals surface area contributed by atoms with Gasteiger partial charge in [-0.3, -0.25) is 0 Å². The van der Waals surface area contributed by atoms with E-state index in [4.69, 9.17) is 5.10 Å². The Morgan fingerprint density at radius 2 is 1.65 bits per heavy atom. The summed E-state index contributed by atoms with van der Waals surface area (Å²) >= 11 is 0. The maximum absolute atomic E-state index is 4.72. The van der Waals surface area contributed by atoms with Crippen molar-refractivity contribution in [1.82, 2.24) is 9.78 Å². The molecule has 3 nitrogen and oxygen atoms in total. The number of nitrogens with zero attached hydrogens (tertiary/aromatic N) is 3. The van der Waals surface area contributed by atoms with Gasteiger partial charge in [-0.05, 0) is 24.1 Å². The Kier molecular flexibility index (Phi) is 2.62. The lowest BCUT2D eigenvalue weighted by atomic mass is 10.1. The summed E-state index contributed by atoms with van der Waals surface area (Å²) in [4.78, 5) is 0. The number of hydrogen-bond acceptors (Lipinski definition) is 1. The zero-order chi connectivity index (χ0) is 13.4. The van der Waals surface area contributed by atoms with Crippen molar-refractivity contribution >= 4 is 0 Å². The van der Waals surface area contributed by atoms with Crippen LogP contribution in [0.3, 0.4) is 0 Å². The lowest BCUT2D eigenvalue weighted by Gasteiger charge is -2.08. The maximum Gasteiger partial charge on any atom is 0.278 e. The summed E-state index contributed by atoms with van der Waals surface area (Å²) in [6.07, 6.45) is 4.30. The van der Waals surface area contributed by atoms with Gasteiger partial charge in [0.05, 0.1) is 0 Å². The van der Waals surface area contributed by atoms with E-state index in [-0.39, 0.29) is 0 Å². The number of aromatic nitrogens is 3. The Bertz CT molecular complexity index is 717. The third kappa shape index (κ3) is 1.83. The summed E-state index contributed by atoms with van der Waals surface area (Å²) in [7, 11) is 0. The lowest BCUT2D eigenvalue weighted by Crippen LogP contribution is -2.36. The highest BCUT2D eigenvalue weighted by Gasteiger charge is 2.32. The lowest BCUT2D eigenvalue weighted by molar-refractivity contribution is -0.707. The smallest absolute Gasteiger partial charge is 0.227 e. The van der Waals surface area contributed by atoms with Crippen LogP contribution in [0.5, 0.6) is 0 Å². The van der Waals surface area contributed by atoms with Crippen molar-refractivity contribution in [1.29, 1.82) is 0 Å². The summed E-state index contributed by atoms with van der Waals surface area (Å²) in [6, 6.07) is 21.4. The van der Waals surface area contributed by atoms with Crippen molar-refractivity contribution in [2.45, 2.75) is 18.9 Å². The van der Waals surface area contributed by atoms with Gasteiger partial charge in [-0.1, -0.05) is 53.2 Å². The van der Waals surface area contributed by atoms with Gasteiger partial charge in [0.2, 0.25) is 6.33 Å². The van der Waals surface area contributed by atoms with Gasteiger partial charge in [0, 0.05) is 11.5 Å². The van der Waals surface area contributed by atoms with Gasteiger partial charge in [0.1, 0.15) is 11.7 Å². The molecule has 2 heterocycles. The van der Waals surface area contributed by atoms with Gasteiger partial charge in [-0.2, -0.15) is 0 Å². The first-order chi connectivity index (χ1) is 9.92. The molecule has 0 radical (unpaired) electrons. The van der Waals surface area contributed by atoms with Gasteiger partial charge in [-0.25, -0.2) is 4.57 Å². The van der Waals surface area contributed by atoms with Gasteiger partial charge >= 0.3 is 0 Å². The van der Waals surface area contributed by atoms with Crippen molar-refractivity contribution < 1.29 is 4.57 Å². The molecular formula is C17H16N3+. The zero-order valence-electron chi connectivity index (χ0n) is 11.2. The molecule has 98 valence electrons. The summed E-state index contributed by atoms with van der Waals surface area (Å²) in [6.45, 7) is 0. The van der Waals surface area contributed by atoms with E-state index in [9.17, 15) is 0 Å². The van der Waals surface area contributed by atoms with Crippen LogP contribution in [0.1, 0.15) is 23.9 Å². The number of para-hydroxylation sites is 1. The third-order valence-corrected chi connectivity index (χ3v) is 3.94. The van der Waals surface area contributed by atoms with Gasteiger partial charge in [0.15, 0.2) is 0 Å². The second kappa shape index (κ2) is 4.60. The van der Waals surface area contributed by atoms with E-state index in [1.807, 2.05) is 22.9 Å². The highest BCUT2D eigenvalue weighted by atomic mass is 15.4. The van der Waals surface area contributed by atoms with Gasteiger partial charge in [-0.15, -0.1) is 0 Å². The Morgan fingerprint density at radius 1 is 0.950 bits per heavy atom. The monoisotopic (exact) mass is 262 g/mol. The molecule has 0 spiro atoms. The first-order valence-corrected chi connectivity index (χ1v) is 7.02. The first kappa shape index (κ1) is 11.4. The average molecular weight is 262 g/mol. The minimum Gasteiger partial charge on any atom is -0.227 e. The topological polar surface area (TPSA) is 21.7 Å². The maximum atomic E-state index is 4.72. The van der Waals surface area contributed by atoms with E-state index >= 15 is 0 Å². The van der Waals surface area contributed by atoms with Crippen molar-refractivity contribution in [3.63, 3.8) is 0 Å². The SMILES string of the molecule is c1ccc([C@@H]2CCc3nn(-c4ccccc4)c[n+]32)cc1. The van der Waals surface area contributed by atoms with E-state index in [2.05, 4.69) is 53.4 Å². The first-order valence-electron chi connectivity index (χ1n) is 7.02. The van der Waals surface area contributed by atoms with Crippen molar-refractivity contribution in [3.8, 4) is 5.69 Å². The van der Waals surface area contributed by atoms with Crippen LogP contribution in [-0.4, -0.2) is 9.78 Å². The quantitative estimate of drug-likeness (QED) is 0.651. The summed E-state index contributed by atoms with van der Waals surface area (Å²) in [5.41, 5.74) is 2.48. The van der Waals surface area contributed by atoms with Crippen molar-refractivity contribution in [3.05, 3.63) is 78.4 Å². The van der Waals surface area contributed by atoms with E-state index in [0.717, 1.165) is 18.5 Å². The van der Waals surface area contributed by atoms with Gasteiger partial charge < -0.3 is 0 Å². The summed E-state index contributed by atoms with van der Waals surface area (Å²) in [5.74, 6) is 1.17. The minimum atomic E-state index is 0.420. The molecule has 20 heavy (non-hydrogen) atoms. The number of benzene rings is 2. The Hall–Kier alpha value is -2.42. The van der Waals surface area contributed by atoms with Crippen LogP contribution < -0.4 is 4.57 Å². The second-order valence-corrected chi connectivity index (χ2v) is 5.18. The third-order valence-electron chi connectivity index (χ3n) is 3.94. The molecule has 1 aromatic heterocycles. The molecule has 1 aliphatic heterocycles. The molecule has 1 aliphatic rings. The molecule has 4 rings (SSSR count). The molecule has 1 atom stereocenters. The molecule has 2 aromatic carbocycles. The van der Waals surface area contributed by atoms with Crippen LogP contribution in [0.15, 0.2) is 67.0 Å². The van der Waals surface area contributed by atoms with Crippen molar-refractivity contribution in [2.24, 2.45) is 0 Å². The van der Waals surface area contributed by atoms with Gasteiger partial charge in [0.25, 0.3) is 5.82 Å². The Balaban J connectivity index is 1.74. The van der Waals surface area contributed by atoms with Crippen LogP contribution in [0.25, 0.3) is 5.69 Å². The van der Waals surface area contributed by atoms with E-state index in [1.165, 1.54) is 11.4 Å². The van der Waals surface area contributed by atoms with E-state index < -0.39 is 0 Å². The Morgan fingerprint density at radius 3 is 2.40 bits per heavy atom. The molecule has 0 fully saturated rings. The summed E-state index contributed by atoms with van der Waals surface area (Å²) < 4.78 is 4.28. The molecule has 0 N–H and O–H groups in total. The van der Waals surface area contributed by atoms with Crippen LogP contribution in [0.2, 0.25) is 0 Å². The highest BCUT2D eigenvalue weighted by molar-refractivity contribution is 5.29. The predicted octanol–water partition coefficient (Wildman–Crippen LogP) is 2.70. The fraction of sp³-hybridized carbons (Fsp3) is 0.176. The van der Waals surface area contributed by atoms with E-state index in [1.54, 1.807) is 0 Å². The number of aryl methyl sites for hydroxylation is 1. The molecule has 0 amide bonds. The normalized spacial score (nSPS) is 17.1. The average Bonchev–Trinajstić information content (AvgIpc) is 3.09. The van der Waals surface area contributed by atoms with E-state index in [0.29, 0.717) is 6.04 Å². The zero-order valence-corrected chi connectivity index (χ0v) is 11.2. The predicted molar refractivity (Wildman–Crippen MR) is 76.7 cm³/mol. The van der Waals surface area contributed by atoms with Crippen molar-refractivity contribution in [2.75, 3.05) is 0 Å². The van der Waals surface area contributed by atoms with Crippen LogP contribution in [0.4, 0.5) is 0 Å². The number of rotatable bonds is 2. The van der Waals surface area contributed by atoms with Crippen LogP contribution >= 0.6 is 0 Å². The summed E-state index contributed by atoms with van der Waals surface area (Å²) in [5, 5.41) is 4.72. The Labute approximate surface area is 118 Å². The number of fused-ring (bicyclic) bond motifs is 1. The fourth-order valence-corrected chi connectivity index (χ4v) is 2.94. The van der Waals surface area contributed by atoms with Crippen LogP contribution in [0, 0.1) is 0 Å². The fourth-order valence-electron chi connectivity index (χ4n) is 2.94. The largest absolute Gasteiger partial charge is 0.278 e. The molecule has 3 heteroatoms. The molecule has 0 aliphatic carbocycles. The molecule has 0 unspecified atom stereocenters. The molecular weight excluding hydrogens is 246 g/mol. The second-order valence-electron chi connectivity index (χ2n) is 5.18.